The normalized spacial score (nSPS) is 18.6. The van der Waals surface area contributed by atoms with Crippen LogP contribution in [0.2, 0.25) is 0 Å². The van der Waals surface area contributed by atoms with Gasteiger partial charge >= 0.3 is 0 Å². The Morgan fingerprint density at radius 1 is 0.969 bits per heavy atom. The van der Waals surface area contributed by atoms with Gasteiger partial charge in [0.2, 0.25) is 6.79 Å². The number of benzene rings is 2. The molecule has 0 spiro atoms. The van der Waals surface area contributed by atoms with Gasteiger partial charge in [-0.25, -0.2) is 0 Å². The van der Waals surface area contributed by atoms with E-state index in [9.17, 15) is 0 Å². The van der Waals surface area contributed by atoms with Gasteiger partial charge in [-0.2, -0.15) is 0 Å². The second-order valence-corrected chi connectivity index (χ2v) is 8.80. The second kappa shape index (κ2) is 10.1. The molecule has 1 saturated heterocycles. The van der Waals surface area contributed by atoms with Gasteiger partial charge in [-0.15, -0.1) is 0 Å². The summed E-state index contributed by atoms with van der Waals surface area (Å²) >= 11 is 0. The zero-order valence-corrected chi connectivity index (χ0v) is 18.6. The molecule has 2 aromatic carbocycles. The summed E-state index contributed by atoms with van der Waals surface area (Å²) in [7, 11) is 0. The first-order valence-electron chi connectivity index (χ1n) is 11.7. The highest BCUT2D eigenvalue weighted by Gasteiger charge is 2.23. The van der Waals surface area contributed by atoms with Gasteiger partial charge in [0.15, 0.2) is 11.5 Å². The Hall–Kier alpha value is -2.92. The van der Waals surface area contributed by atoms with Crippen molar-refractivity contribution in [2.45, 2.75) is 19.3 Å². The molecular weight excluding hydrogens is 400 g/mol. The van der Waals surface area contributed by atoms with E-state index in [2.05, 4.69) is 40.2 Å². The Kier molecular flexibility index (Phi) is 6.63. The maximum absolute atomic E-state index is 5.87. The highest BCUT2D eigenvalue weighted by molar-refractivity contribution is 5.45. The van der Waals surface area contributed by atoms with Crippen LogP contribution in [0.1, 0.15) is 18.4 Å². The third kappa shape index (κ3) is 5.28. The van der Waals surface area contributed by atoms with Gasteiger partial charge in [-0.1, -0.05) is 36.4 Å². The molecule has 3 aliphatic rings. The van der Waals surface area contributed by atoms with Crippen LogP contribution in [0.3, 0.4) is 0 Å². The summed E-state index contributed by atoms with van der Waals surface area (Å²) < 4.78 is 16.9. The van der Waals surface area contributed by atoms with Gasteiger partial charge in [0, 0.05) is 31.8 Å². The molecule has 2 aromatic rings. The van der Waals surface area contributed by atoms with Gasteiger partial charge < -0.3 is 19.1 Å². The van der Waals surface area contributed by atoms with Crippen molar-refractivity contribution in [1.82, 2.24) is 9.80 Å². The molecule has 3 heterocycles. The van der Waals surface area contributed by atoms with Gasteiger partial charge in [-0.05, 0) is 67.8 Å². The number of hydrogen-bond donors (Lipinski definition) is 0. The number of allylic oxidation sites excluding steroid dienone is 3. The van der Waals surface area contributed by atoms with Crippen LogP contribution in [-0.2, 0) is 6.42 Å². The lowest BCUT2D eigenvalue weighted by atomic mass is 9.95. The van der Waals surface area contributed by atoms with Crippen molar-refractivity contribution in [1.29, 1.82) is 0 Å². The van der Waals surface area contributed by atoms with Crippen LogP contribution >= 0.6 is 0 Å². The van der Waals surface area contributed by atoms with E-state index in [0.29, 0.717) is 6.79 Å². The fraction of sp³-hybridized carbons (Fsp3) is 0.407. The van der Waals surface area contributed by atoms with E-state index in [1.807, 2.05) is 36.4 Å². The van der Waals surface area contributed by atoms with Crippen molar-refractivity contribution in [3.05, 3.63) is 78.0 Å². The second-order valence-electron chi connectivity index (χ2n) is 8.80. The summed E-state index contributed by atoms with van der Waals surface area (Å²) in [4.78, 5) is 5.10. The van der Waals surface area contributed by atoms with Gasteiger partial charge in [-0.3, -0.25) is 4.90 Å². The zero-order chi connectivity index (χ0) is 21.6. The molecule has 32 heavy (non-hydrogen) atoms. The Morgan fingerprint density at radius 2 is 1.81 bits per heavy atom. The molecule has 0 bridgehead atoms. The first-order valence-corrected chi connectivity index (χ1v) is 11.7. The SMILES string of the molecule is C1=CCN(CC2CCN(CCOc3ccccc3)CC2)C(Cc2ccc3c(c2)OCO3)=C1. The molecule has 3 aliphatic heterocycles. The van der Waals surface area contributed by atoms with E-state index in [1.165, 1.54) is 24.1 Å². The molecular formula is C27H32N2O3. The van der Waals surface area contributed by atoms with Crippen molar-refractivity contribution < 1.29 is 14.2 Å². The predicted molar refractivity (Wildman–Crippen MR) is 126 cm³/mol. The lowest BCUT2D eigenvalue weighted by molar-refractivity contribution is 0.139. The fourth-order valence-electron chi connectivity index (χ4n) is 4.73. The van der Waals surface area contributed by atoms with E-state index in [-0.39, 0.29) is 0 Å². The third-order valence-corrected chi connectivity index (χ3v) is 6.58. The number of nitrogens with zero attached hydrogens (tertiary/aromatic N) is 2. The van der Waals surface area contributed by atoms with Crippen LogP contribution in [0, 0.1) is 5.92 Å². The molecule has 5 heteroatoms. The third-order valence-electron chi connectivity index (χ3n) is 6.58. The largest absolute Gasteiger partial charge is 0.492 e. The predicted octanol–water partition coefficient (Wildman–Crippen LogP) is 4.50. The number of piperidine rings is 1. The average Bonchev–Trinajstić information content (AvgIpc) is 3.30. The maximum atomic E-state index is 5.87. The van der Waals surface area contributed by atoms with Crippen molar-refractivity contribution in [3.8, 4) is 17.2 Å². The highest BCUT2D eigenvalue weighted by Crippen LogP contribution is 2.33. The van der Waals surface area contributed by atoms with Crippen LogP contribution in [0.4, 0.5) is 0 Å². The Labute approximate surface area is 190 Å². The molecule has 0 aliphatic carbocycles. The van der Waals surface area contributed by atoms with Crippen molar-refractivity contribution in [3.63, 3.8) is 0 Å². The van der Waals surface area contributed by atoms with Crippen molar-refractivity contribution >= 4 is 0 Å². The van der Waals surface area contributed by atoms with E-state index in [1.54, 1.807) is 0 Å². The summed E-state index contributed by atoms with van der Waals surface area (Å²) in [6, 6.07) is 16.4. The van der Waals surface area contributed by atoms with Gasteiger partial charge in [0.1, 0.15) is 12.4 Å². The van der Waals surface area contributed by atoms with Crippen LogP contribution in [-0.4, -0.2) is 55.9 Å². The lowest BCUT2D eigenvalue weighted by Gasteiger charge is -2.37. The average molecular weight is 433 g/mol. The van der Waals surface area contributed by atoms with Gasteiger partial charge in [0.05, 0.1) is 0 Å². The first kappa shape index (κ1) is 21.0. The molecule has 0 amide bonds. The van der Waals surface area contributed by atoms with Crippen LogP contribution < -0.4 is 14.2 Å². The Bertz CT molecular complexity index is 949. The van der Waals surface area contributed by atoms with Crippen LogP contribution in [0.15, 0.2) is 72.5 Å². The minimum Gasteiger partial charge on any atom is -0.492 e. The summed E-state index contributed by atoms with van der Waals surface area (Å²) in [6.45, 7) is 6.54. The van der Waals surface area contributed by atoms with E-state index < -0.39 is 0 Å². The van der Waals surface area contributed by atoms with Crippen LogP contribution in [0.5, 0.6) is 17.2 Å². The smallest absolute Gasteiger partial charge is 0.231 e. The van der Waals surface area contributed by atoms with Gasteiger partial charge in [0.25, 0.3) is 0 Å². The van der Waals surface area contributed by atoms with E-state index >= 15 is 0 Å². The molecule has 168 valence electrons. The minimum atomic E-state index is 0.327. The highest BCUT2D eigenvalue weighted by atomic mass is 16.7. The monoisotopic (exact) mass is 432 g/mol. The molecule has 0 aromatic heterocycles. The summed E-state index contributed by atoms with van der Waals surface area (Å²) in [5.41, 5.74) is 2.67. The van der Waals surface area contributed by atoms with E-state index in [0.717, 1.165) is 68.9 Å². The lowest BCUT2D eigenvalue weighted by Crippen LogP contribution is -2.40. The molecule has 0 radical (unpaired) electrons. The molecule has 0 atom stereocenters. The van der Waals surface area contributed by atoms with Crippen molar-refractivity contribution in [2.24, 2.45) is 5.92 Å². The van der Waals surface area contributed by atoms with Crippen LogP contribution in [0.25, 0.3) is 0 Å². The molecule has 0 unspecified atom stereocenters. The minimum absolute atomic E-state index is 0.327. The molecule has 5 nitrogen and oxygen atoms in total. The van der Waals surface area contributed by atoms with E-state index in [4.69, 9.17) is 14.2 Å². The first-order chi connectivity index (χ1) is 15.8. The number of ether oxygens (including phenoxy) is 3. The Morgan fingerprint density at radius 3 is 2.69 bits per heavy atom. The number of hydrogen-bond acceptors (Lipinski definition) is 5. The summed E-state index contributed by atoms with van der Waals surface area (Å²) in [6.07, 6.45) is 10.2. The number of para-hydroxylation sites is 1. The maximum Gasteiger partial charge on any atom is 0.231 e. The molecule has 5 rings (SSSR count). The molecule has 0 N–H and O–H groups in total. The standard InChI is InChI=1S/C27H32N2O3/c1-2-7-25(8-3-1)30-17-16-28-14-11-22(12-15-28)20-29-13-5-4-6-24(29)18-23-9-10-26-27(19-23)32-21-31-26/h1-10,19,22H,11-18,20-21H2. The molecule has 1 fully saturated rings. The number of fused-ring (bicyclic) bond motifs is 1. The summed E-state index contributed by atoms with van der Waals surface area (Å²) in [5, 5.41) is 0. The quantitative estimate of drug-likeness (QED) is 0.613. The fourth-order valence-corrected chi connectivity index (χ4v) is 4.73. The summed E-state index contributed by atoms with van der Waals surface area (Å²) in [5.74, 6) is 3.42. The topological polar surface area (TPSA) is 34.2 Å². The molecule has 0 saturated carbocycles. The zero-order valence-electron chi connectivity index (χ0n) is 18.6. The number of rotatable bonds is 8. The Balaban J connectivity index is 1.08. The number of likely N-dealkylation sites (tertiary alicyclic amines) is 1. The van der Waals surface area contributed by atoms with Crippen molar-refractivity contribution in [2.75, 3.05) is 46.1 Å².